The van der Waals surface area contributed by atoms with E-state index in [4.69, 9.17) is 8.85 Å². The fourth-order valence-electron chi connectivity index (χ4n) is 5.79. The van der Waals surface area contributed by atoms with Crippen LogP contribution in [0.1, 0.15) is 11.1 Å². The Hall–Kier alpha value is -2.45. The molecular weight excluding hydrogens is 583 g/mol. The third-order valence-electron chi connectivity index (χ3n) is 7.18. The average molecular weight is 596 g/mol. The minimum absolute atomic E-state index is 0. The molecule has 1 spiro atoms. The Kier molecular flexibility index (Phi) is 6.51. The van der Waals surface area contributed by atoms with E-state index in [-0.39, 0.29) is 18.9 Å². The summed E-state index contributed by atoms with van der Waals surface area (Å²) in [4.78, 5) is 0. The Morgan fingerprint density at radius 2 is 0.750 bits per heavy atom. The standard InChI is InChI=1S/C24H13F12O2Si.Li/c25-21(26,27)19(22(28,29)30)15-10-4-6-12-17(15)39(37-19,14-8-2-1-3-9-14)18-13-7-5-11-16(18)20(38-39,23(31,32)33)24(34,35)36;/h1-13H;/q-1;+1. The Bertz CT molecular complexity index is 1330. The Morgan fingerprint density at radius 3 is 1.07 bits per heavy atom. The summed E-state index contributed by atoms with van der Waals surface area (Å²) in [6, 6.07) is 9.96. The molecule has 2 nitrogen and oxygen atoms in total. The molecule has 210 valence electrons. The zero-order valence-electron chi connectivity index (χ0n) is 19.9. The molecule has 0 aromatic heterocycles. The first kappa shape index (κ1) is 30.5. The molecule has 16 heteroatoms. The summed E-state index contributed by atoms with van der Waals surface area (Å²) in [5.74, 6) is 0. The van der Waals surface area contributed by atoms with Crippen molar-refractivity contribution >= 4 is 23.4 Å². The number of fused-ring (bicyclic) bond motifs is 4. The van der Waals surface area contributed by atoms with Crippen LogP contribution in [0.3, 0.4) is 0 Å². The molecule has 0 fully saturated rings. The number of rotatable bonds is 1. The van der Waals surface area contributed by atoms with Gasteiger partial charge in [-0.3, -0.25) is 0 Å². The first-order chi connectivity index (χ1) is 17.8. The molecular formula is C24H13F12LiO2Si. The van der Waals surface area contributed by atoms with E-state index >= 15 is 0 Å². The summed E-state index contributed by atoms with van der Waals surface area (Å²) >= 11 is 0. The fraction of sp³-hybridized carbons (Fsp3) is 0.250. The van der Waals surface area contributed by atoms with Gasteiger partial charge in [-0.25, -0.2) is 0 Å². The third kappa shape index (κ3) is 3.29. The van der Waals surface area contributed by atoms with Crippen molar-refractivity contribution in [1.29, 1.82) is 0 Å². The molecule has 0 saturated carbocycles. The molecule has 0 amide bonds. The second kappa shape index (κ2) is 8.54. The quantitative estimate of drug-likeness (QED) is 0.318. The van der Waals surface area contributed by atoms with Crippen molar-refractivity contribution in [2.24, 2.45) is 0 Å². The van der Waals surface area contributed by atoms with Gasteiger partial charge in [0, 0.05) is 0 Å². The van der Waals surface area contributed by atoms with Crippen LogP contribution in [-0.2, 0) is 20.1 Å². The van der Waals surface area contributed by atoms with E-state index in [1.165, 1.54) is 6.07 Å². The van der Waals surface area contributed by atoms with Crippen LogP contribution >= 0.6 is 0 Å². The van der Waals surface area contributed by atoms with Crippen molar-refractivity contribution in [2.45, 2.75) is 35.9 Å². The molecule has 2 aliphatic rings. The first-order valence-corrected chi connectivity index (χ1v) is 13.2. The maximum atomic E-state index is 14.6. The second-order valence-electron chi connectivity index (χ2n) is 9.09. The SMILES string of the molecule is FC(F)(F)C1(C(F)(F)F)O[Si-]2(c3ccccc3)(OC(C(F)(F)F)(C(F)(F)F)c3ccccc32)c2ccccc21.[Li+]. The van der Waals surface area contributed by atoms with Crippen molar-refractivity contribution in [2.75, 3.05) is 0 Å². The van der Waals surface area contributed by atoms with Crippen LogP contribution in [0.5, 0.6) is 0 Å². The first-order valence-electron chi connectivity index (χ1n) is 10.9. The molecule has 0 aliphatic carbocycles. The number of hydrogen-bond donors (Lipinski definition) is 0. The fourth-order valence-corrected chi connectivity index (χ4v) is 12.4. The molecule has 0 atom stereocenters. The monoisotopic (exact) mass is 596 g/mol. The van der Waals surface area contributed by atoms with Crippen LogP contribution in [0.4, 0.5) is 52.7 Å². The van der Waals surface area contributed by atoms with Crippen molar-refractivity contribution in [3.8, 4) is 0 Å². The van der Waals surface area contributed by atoms with Gasteiger partial charge in [-0.2, -0.15) is 0 Å². The maximum absolute atomic E-state index is 14.6. The topological polar surface area (TPSA) is 18.5 Å². The van der Waals surface area contributed by atoms with Crippen LogP contribution < -0.4 is 34.4 Å². The van der Waals surface area contributed by atoms with Gasteiger partial charge < -0.3 is 0 Å². The van der Waals surface area contributed by atoms with Gasteiger partial charge in [-0.1, -0.05) is 0 Å². The average Bonchev–Trinajstić information content (AvgIpc) is 3.29. The molecule has 2 aliphatic heterocycles. The molecule has 3 aromatic carbocycles. The van der Waals surface area contributed by atoms with E-state index in [0.717, 1.165) is 48.5 Å². The molecule has 2 heterocycles. The minimum atomic E-state index is -7.26. The van der Waals surface area contributed by atoms with Gasteiger partial charge in [0.2, 0.25) is 0 Å². The van der Waals surface area contributed by atoms with Crippen molar-refractivity contribution < 1.29 is 80.4 Å². The van der Waals surface area contributed by atoms with Crippen LogP contribution in [0.2, 0.25) is 0 Å². The number of halogens is 12. The Morgan fingerprint density at radius 1 is 0.450 bits per heavy atom. The Labute approximate surface area is 229 Å². The van der Waals surface area contributed by atoms with E-state index in [1.807, 2.05) is 0 Å². The summed E-state index contributed by atoms with van der Waals surface area (Å²) in [5, 5.41) is -3.22. The molecule has 0 saturated heterocycles. The van der Waals surface area contributed by atoms with Crippen LogP contribution in [0.25, 0.3) is 0 Å². The number of alkyl halides is 12. The van der Waals surface area contributed by atoms with E-state index in [2.05, 4.69) is 0 Å². The van der Waals surface area contributed by atoms with Gasteiger partial charge in [0.05, 0.1) is 0 Å². The molecule has 3 aromatic rings. The minimum Gasteiger partial charge on any atom is 1.00 e. The van der Waals surface area contributed by atoms with Crippen LogP contribution in [0.15, 0.2) is 78.9 Å². The van der Waals surface area contributed by atoms with Gasteiger partial charge in [0.15, 0.2) is 0 Å². The summed E-state index contributed by atoms with van der Waals surface area (Å²) in [6.07, 6.45) is -25.6. The number of benzene rings is 3. The normalized spacial score (nSPS) is 21.6. The molecule has 0 N–H and O–H groups in total. The van der Waals surface area contributed by atoms with E-state index in [1.54, 1.807) is 0 Å². The van der Waals surface area contributed by atoms with Gasteiger partial charge >= 0.3 is 230 Å². The zero-order chi connectivity index (χ0) is 28.9. The van der Waals surface area contributed by atoms with Crippen molar-refractivity contribution in [1.82, 2.24) is 0 Å². The summed E-state index contributed by atoms with van der Waals surface area (Å²) in [5.41, 5.74) is -14.1. The van der Waals surface area contributed by atoms with Crippen molar-refractivity contribution in [3.05, 3.63) is 90.0 Å². The maximum Gasteiger partial charge on any atom is 1.00 e. The van der Waals surface area contributed by atoms with Gasteiger partial charge in [-0.15, -0.1) is 0 Å². The smallest absolute Gasteiger partial charge is 1.00 e. The van der Waals surface area contributed by atoms with Crippen molar-refractivity contribution in [3.63, 3.8) is 0 Å². The molecule has 5 rings (SSSR count). The zero-order valence-corrected chi connectivity index (χ0v) is 20.9. The summed E-state index contributed by atoms with van der Waals surface area (Å²) < 4.78 is 186. The van der Waals surface area contributed by atoms with Crippen LogP contribution in [-0.4, -0.2) is 32.5 Å². The summed E-state index contributed by atoms with van der Waals surface area (Å²) in [7, 11) is -7.26. The summed E-state index contributed by atoms with van der Waals surface area (Å²) in [6.45, 7) is 0. The molecule has 0 unspecified atom stereocenters. The predicted molar refractivity (Wildman–Crippen MR) is 114 cm³/mol. The molecule has 0 bridgehead atoms. The third-order valence-corrected chi connectivity index (χ3v) is 12.8. The second-order valence-corrected chi connectivity index (χ2v) is 13.3. The Balaban J connectivity index is 0.00000370. The van der Waals surface area contributed by atoms with E-state index in [9.17, 15) is 52.7 Å². The largest absolute Gasteiger partial charge is 1.00 e. The van der Waals surface area contributed by atoms with E-state index in [0.29, 0.717) is 24.3 Å². The molecule has 40 heavy (non-hydrogen) atoms. The van der Waals surface area contributed by atoms with Gasteiger partial charge in [0.25, 0.3) is 0 Å². The molecule has 0 radical (unpaired) electrons. The number of hydrogen-bond acceptors (Lipinski definition) is 2. The van der Waals surface area contributed by atoms with E-state index < -0.39 is 70.4 Å². The van der Waals surface area contributed by atoms with Crippen LogP contribution in [0, 0.1) is 0 Å². The van der Waals surface area contributed by atoms with Gasteiger partial charge in [-0.05, 0) is 0 Å². The predicted octanol–water partition coefficient (Wildman–Crippen LogP) is 2.81. The van der Waals surface area contributed by atoms with Gasteiger partial charge in [0.1, 0.15) is 0 Å².